The molecule has 0 aromatic rings. The number of alkyl halides is 1. The van der Waals surface area contributed by atoms with Crippen LogP contribution >= 0.6 is 15.9 Å². The number of hydrogen-bond acceptors (Lipinski definition) is 2. The average Bonchev–Trinajstić information content (AvgIpc) is 2.72. The van der Waals surface area contributed by atoms with Gasteiger partial charge < -0.3 is 4.90 Å². The number of halogens is 1. The second kappa shape index (κ2) is 7.10. The summed E-state index contributed by atoms with van der Waals surface area (Å²) in [5.41, 5.74) is 0.481. The van der Waals surface area contributed by atoms with Gasteiger partial charge in [0.25, 0.3) is 0 Å². The van der Waals surface area contributed by atoms with Crippen LogP contribution in [-0.2, 0) is 0 Å². The summed E-state index contributed by atoms with van der Waals surface area (Å²) in [5, 5.41) is 1.14. The lowest BCUT2D eigenvalue weighted by atomic mass is 9.84. The van der Waals surface area contributed by atoms with Crippen molar-refractivity contribution in [1.29, 1.82) is 0 Å². The normalized spacial score (nSPS) is 22.6. The second-order valence-electron chi connectivity index (χ2n) is 5.87. The maximum absolute atomic E-state index is 3.73. The molecule has 0 amide bonds. The monoisotopic (exact) mass is 304 g/mol. The van der Waals surface area contributed by atoms with E-state index in [1.54, 1.807) is 0 Å². The largest absolute Gasteiger partial charge is 0.308 e. The van der Waals surface area contributed by atoms with E-state index < -0.39 is 0 Å². The van der Waals surface area contributed by atoms with E-state index in [1.165, 1.54) is 45.3 Å². The number of hydrogen-bond donors (Lipinski definition) is 0. The van der Waals surface area contributed by atoms with Crippen LogP contribution in [0.2, 0.25) is 0 Å². The molecule has 2 nitrogen and oxygen atoms in total. The van der Waals surface area contributed by atoms with Gasteiger partial charge in [-0.3, -0.25) is 4.90 Å². The van der Waals surface area contributed by atoms with Gasteiger partial charge in [-0.15, -0.1) is 0 Å². The molecule has 0 spiro atoms. The van der Waals surface area contributed by atoms with E-state index in [0.29, 0.717) is 5.41 Å². The highest BCUT2D eigenvalue weighted by atomic mass is 79.9. The number of rotatable bonds is 7. The molecule has 0 aromatic carbocycles. The van der Waals surface area contributed by atoms with Crippen LogP contribution in [0.3, 0.4) is 0 Å². The number of likely N-dealkylation sites (tertiary alicyclic amines) is 1. The molecule has 1 atom stereocenters. The Morgan fingerprint density at radius 1 is 1.29 bits per heavy atom. The summed E-state index contributed by atoms with van der Waals surface area (Å²) < 4.78 is 0. The molecule has 1 aliphatic rings. The van der Waals surface area contributed by atoms with Crippen LogP contribution in [0.25, 0.3) is 0 Å². The third-order valence-corrected chi connectivity index (χ3v) is 5.59. The maximum atomic E-state index is 3.73. The van der Waals surface area contributed by atoms with Crippen molar-refractivity contribution in [1.82, 2.24) is 9.80 Å². The van der Waals surface area contributed by atoms with E-state index in [0.717, 1.165) is 11.4 Å². The smallest absolute Gasteiger partial charge is 0.0223 e. The number of likely N-dealkylation sites (N-methyl/N-ethyl adjacent to an activating group) is 1. The van der Waals surface area contributed by atoms with Crippen molar-refractivity contribution in [3.05, 3.63) is 0 Å². The molecule has 102 valence electrons. The van der Waals surface area contributed by atoms with Gasteiger partial charge in [0, 0.05) is 24.5 Å². The van der Waals surface area contributed by atoms with Crippen molar-refractivity contribution in [3.63, 3.8) is 0 Å². The minimum atomic E-state index is 0.481. The standard InChI is InChI=1S/C14H29BrN2/c1-5-14(6-2,11-15)12-17-9-7-8-13(17)10-16(3)4/h13H,5-12H2,1-4H3. The summed E-state index contributed by atoms with van der Waals surface area (Å²) in [5.74, 6) is 0. The van der Waals surface area contributed by atoms with Crippen LogP contribution in [0, 0.1) is 5.41 Å². The van der Waals surface area contributed by atoms with Gasteiger partial charge in [0.05, 0.1) is 0 Å². The topological polar surface area (TPSA) is 6.48 Å². The van der Waals surface area contributed by atoms with Crippen LogP contribution in [0.5, 0.6) is 0 Å². The molecule has 1 heterocycles. The Morgan fingerprint density at radius 2 is 1.94 bits per heavy atom. The van der Waals surface area contributed by atoms with Gasteiger partial charge >= 0.3 is 0 Å². The molecular weight excluding hydrogens is 276 g/mol. The lowest BCUT2D eigenvalue weighted by molar-refractivity contribution is 0.131. The van der Waals surface area contributed by atoms with Crippen molar-refractivity contribution in [3.8, 4) is 0 Å². The molecule has 1 aliphatic heterocycles. The zero-order valence-electron chi connectivity index (χ0n) is 12.0. The Kier molecular flexibility index (Phi) is 6.46. The predicted molar refractivity (Wildman–Crippen MR) is 80.0 cm³/mol. The lowest BCUT2D eigenvalue weighted by Crippen LogP contribution is -2.44. The molecule has 1 saturated heterocycles. The second-order valence-corrected chi connectivity index (χ2v) is 6.43. The molecule has 0 aromatic heterocycles. The summed E-state index contributed by atoms with van der Waals surface area (Å²) in [7, 11) is 4.38. The fourth-order valence-corrected chi connectivity index (χ4v) is 3.84. The third-order valence-electron chi connectivity index (χ3n) is 4.40. The van der Waals surface area contributed by atoms with Crippen molar-refractivity contribution in [2.45, 2.75) is 45.6 Å². The van der Waals surface area contributed by atoms with Crippen molar-refractivity contribution in [2.75, 3.05) is 39.1 Å². The van der Waals surface area contributed by atoms with Gasteiger partial charge in [0.15, 0.2) is 0 Å². The Labute approximate surface area is 116 Å². The molecule has 1 unspecified atom stereocenters. The van der Waals surface area contributed by atoms with Gasteiger partial charge in [-0.1, -0.05) is 29.8 Å². The van der Waals surface area contributed by atoms with E-state index in [9.17, 15) is 0 Å². The van der Waals surface area contributed by atoms with Crippen LogP contribution in [0.15, 0.2) is 0 Å². The van der Waals surface area contributed by atoms with Crippen LogP contribution in [-0.4, -0.2) is 54.9 Å². The molecule has 1 fully saturated rings. The molecule has 0 bridgehead atoms. The molecule has 3 heteroatoms. The Hall–Kier alpha value is 0.400. The van der Waals surface area contributed by atoms with Crippen molar-refractivity contribution >= 4 is 15.9 Å². The van der Waals surface area contributed by atoms with Crippen molar-refractivity contribution in [2.24, 2.45) is 5.41 Å². The Morgan fingerprint density at radius 3 is 2.41 bits per heavy atom. The SMILES string of the molecule is CCC(CC)(CBr)CN1CCCC1CN(C)C. The molecule has 0 N–H and O–H groups in total. The van der Waals surface area contributed by atoms with E-state index in [-0.39, 0.29) is 0 Å². The van der Waals surface area contributed by atoms with Crippen LogP contribution in [0.1, 0.15) is 39.5 Å². The summed E-state index contributed by atoms with van der Waals surface area (Å²) in [6, 6.07) is 0.779. The molecule has 17 heavy (non-hydrogen) atoms. The molecule has 0 saturated carbocycles. The zero-order chi connectivity index (χ0) is 12.9. The molecule has 0 radical (unpaired) electrons. The highest BCUT2D eigenvalue weighted by Gasteiger charge is 2.33. The fourth-order valence-electron chi connectivity index (χ4n) is 2.87. The van der Waals surface area contributed by atoms with E-state index >= 15 is 0 Å². The first-order chi connectivity index (χ1) is 8.06. The predicted octanol–water partition coefficient (Wildman–Crippen LogP) is 3.21. The van der Waals surface area contributed by atoms with E-state index in [2.05, 4.69) is 53.7 Å². The number of nitrogens with zero attached hydrogens (tertiary/aromatic N) is 2. The summed E-state index contributed by atoms with van der Waals surface area (Å²) in [4.78, 5) is 5.06. The van der Waals surface area contributed by atoms with Gasteiger partial charge in [0.1, 0.15) is 0 Å². The summed E-state index contributed by atoms with van der Waals surface area (Å²) in [6.45, 7) is 8.45. The highest BCUT2D eigenvalue weighted by Crippen LogP contribution is 2.32. The molecular formula is C14H29BrN2. The van der Waals surface area contributed by atoms with E-state index in [4.69, 9.17) is 0 Å². The van der Waals surface area contributed by atoms with Gasteiger partial charge in [0.2, 0.25) is 0 Å². The molecule has 1 rings (SSSR count). The van der Waals surface area contributed by atoms with Crippen LogP contribution < -0.4 is 0 Å². The van der Waals surface area contributed by atoms with Crippen molar-refractivity contribution < 1.29 is 0 Å². The van der Waals surface area contributed by atoms with Crippen LogP contribution in [0.4, 0.5) is 0 Å². The minimum absolute atomic E-state index is 0.481. The first-order valence-corrected chi connectivity index (χ1v) is 8.13. The van der Waals surface area contributed by atoms with Gasteiger partial charge in [-0.2, -0.15) is 0 Å². The maximum Gasteiger partial charge on any atom is 0.0223 e. The highest BCUT2D eigenvalue weighted by molar-refractivity contribution is 9.09. The van der Waals surface area contributed by atoms with Gasteiger partial charge in [-0.25, -0.2) is 0 Å². The summed E-state index contributed by atoms with van der Waals surface area (Å²) in [6.07, 6.45) is 5.31. The fraction of sp³-hybridized carbons (Fsp3) is 1.00. The minimum Gasteiger partial charge on any atom is -0.308 e. The zero-order valence-corrected chi connectivity index (χ0v) is 13.6. The lowest BCUT2D eigenvalue weighted by Gasteiger charge is -2.37. The van der Waals surface area contributed by atoms with E-state index in [1.807, 2.05) is 0 Å². The quantitative estimate of drug-likeness (QED) is 0.666. The first-order valence-electron chi connectivity index (χ1n) is 7.01. The first kappa shape index (κ1) is 15.5. The molecule has 0 aliphatic carbocycles. The third kappa shape index (κ3) is 4.22. The Balaban J connectivity index is 2.59. The average molecular weight is 305 g/mol. The van der Waals surface area contributed by atoms with Gasteiger partial charge in [-0.05, 0) is 51.7 Å². The summed E-state index contributed by atoms with van der Waals surface area (Å²) >= 11 is 3.73. The Bertz CT molecular complexity index is 206.